The van der Waals surface area contributed by atoms with Crippen molar-refractivity contribution in [2.24, 2.45) is 5.73 Å². The van der Waals surface area contributed by atoms with Gasteiger partial charge < -0.3 is 5.73 Å². The Hall–Kier alpha value is -0.910. The van der Waals surface area contributed by atoms with E-state index in [1.165, 1.54) is 31.4 Å². The van der Waals surface area contributed by atoms with Crippen LogP contribution in [0, 0.1) is 0 Å². The predicted molar refractivity (Wildman–Crippen MR) is 74.8 cm³/mol. The van der Waals surface area contributed by atoms with Gasteiger partial charge >= 0.3 is 0 Å². The van der Waals surface area contributed by atoms with Crippen molar-refractivity contribution >= 4 is 16.3 Å². The molecule has 1 saturated carbocycles. The smallest absolute Gasteiger partial charge is 0.193 e. The van der Waals surface area contributed by atoms with E-state index in [0.717, 1.165) is 24.6 Å². The van der Waals surface area contributed by atoms with Gasteiger partial charge in [0.2, 0.25) is 0 Å². The summed E-state index contributed by atoms with van der Waals surface area (Å²) in [6.45, 7) is 2.66. The molecule has 3 rings (SSSR count). The second kappa shape index (κ2) is 5.38. The summed E-state index contributed by atoms with van der Waals surface area (Å²) in [6.07, 6.45) is 9.59. The number of fused-ring (bicyclic) bond motifs is 1. The van der Waals surface area contributed by atoms with E-state index in [1.54, 1.807) is 11.3 Å². The van der Waals surface area contributed by atoms with Gasteiger partial charge in [-0.2, -0.15) is 0 Å². The number of hydrogen-bond donors (Lipinski definition) is 1. The summed E-state index contributed by atoms with van der Waals surface area (Å²) in [5.74, 6) is 0. The van der Waals surface area contributed by atoms with Crippen LogP contribution in [0.2, 0.25) is 0 Å². The highest BCUT2D eigenvalue weighted by molar-refractivity contribution is 7.15. The Kier molecular flexibility index (Phi) is 3.63. The molecule has 1 aliphatic rings. The summed E-state index contributed by atoms with van der Waals surface area (Å²) < 4.78 is 2.11. The van der Waals surface area contributed by atoms with Gasteiger partial charge in [-0.15, -0.1) is 11.3 Å². The summed E-state index contributed by atoms with van der Waals surface area (Å²) in [5, 5.41) is 2.07. The minimum atomic E-state index is 0.716. The number of thiazole rings is 1. The molecule has 2 N–H and O–H groups in total. The zero-order valence-electron chi connectivity index (χ0n) is 10.6. The van der Waals surface area contributed by atoms with Crippen molar-refractivity contribution in [1.29, 1.82) is 0 Å². The molecule has 2 heterocycles. The minimum absolute atomic E-state index is 0.716. The molecular formula is C13H20N4S. The van der Waals surface area contributed by atoms with Crippen LogP contribution in [0.15, 0.2) is 17.8 Å². The maximum atomic E-state index is 5.74. The van der Waals surface area contributed by atoms with Crippen molar-refractivity contribution in [3.05, 3.63) is 23.5 Å². The van der Waals surface area contributed by atoms with Crippen molar-refractivity contribution in [3.63, 3.8) is 0 Å². The lowest BCUT2D eigenvalue weighted by molar-refractivity contribution is 0.193. The fraction of sp³-hybridized carbons (Fsp3) is 0.615. The minimum Gasteiger partial charge on any atom is -0.329 e. The van der Waals surface area contributed by atoms with Crippen molar-refractivity contribution in [2.75, 3.05) is 13.1 Å². The molecule has 2 aromatic rings. The fourth-order valence-corrected chi connectivity index (χ4v) is 3.61. The van der Waals surface area contributed by atoms with Crippen molar-refractivity contribution in [3.8, 4) is 0 Å². The Labute approximate surface area is 111 Å². The zero-order valence-corrected chi connectivity index (χ0v) is 11.4. The van der Waals surface area contributed by atoms with E-state index in [2.05, 4.69) is 32.1 Å². The van der Waals surface area contributed by atoms with Crippen molar-refractivity contribution < 1.29 is 0 Å². The predicted octanol–water partition coefficient (Wildman–Crippen LogP) is 2.10. The first-order valence-corrected chi connectivity index (χ1v) is 7.60. The molecule has 0 unspecified atom stereocenters. The molecule has 0 bridgehead atoms. The topological polar surface area (TPSA) is 46.6 Å². The molecule has 1 fully saturated rings. The standard InChI is InChI=1S/C13H20N4S/c14-5-6-16(12-3-1-2-4-12)9-11-10-17-7-8-18-13(17)15-11/h7-8,10,12H,1-6,9,14H2. The number of nitrogens with zero attached hydrogens (tertiary/aromatic N) is 3. The first kappa shape index (κ1) is 12.1. The second-order valence-electron chi connectivity index (χ2n) is 5.02. The maximum absolute atomic E-state index is 5.74. The molecule has 98 valence electrons. The van der Waals surface area contributed by atoms with Crippen LogP contribution in [0.3, 0.4) is 0 Å². The number of aromatic nitrogens is 2. The van der Waals surface area contributed by atoms with E-state index in [9.17, 15) is 0 Å². The van der Waals surface area contributed by atoms with E-state index >= 15 is 0 Å². The van der Waals surface area contributed by atoms with E-state index in [4.69, 9.17) is 5.73 Å². The highest BCUT2D eigenvalue weighted by Gasteiger charge is 2.22. The zero-order chi connectivity index (χ0) is 12.4. The summed E-state index contributed by atoms with van der Waals surface area (Å²) >= 11 is 1.69. The van der Waals surface area contributed by atoms with Gasteiger partial charge in [-0.1, -0.05) is 12.8 Å². The fourth-order valence-electron chi connectivity index (χ4n) is 2.89. The highest BCUT2D eigenvalue weighted by Crippen LogP contribution is 2.24. The van der Waals surface area contributed by atoms with Gasteiger partial charge in [-0.3, -0.25) is 9.30 Å². The molecule has 0 spiro atoms. The molecule has 0 atom stereocenters. The van der Waals surface area contributed by atoms with Crippen LogP contribution in [0.1, 0.15) is 31.4 Å². The Bertz CT molecular complexity index is 469. The Morgan fingerprint density at radius 3 is 3.00 bits per heavy atom. The van der Waals surface area contributed by atoms with Crippen LogP contribution in [0.5, 0.6) is 0 Å². The Balaban J connectivity index is 1.72. The van der Waals surface area contributed by atoms with Crippen LogP contribution < -0.4 is 5.73 Å². The summed E-state index contributed by atoms with van der Waals surface area (Å²) in [6, 6.07) is 0.716. The molecule has 5 heteroatoms. The highest BCUT2D eigenvalue weighted by atomic mass is 32.1. The maximum Gasteiger partial charge on any atom is 0.193 e. The molecule has 0 aliphatic heterocycles. The quantitative estimate of drug-likeness (QED) is 0.899. The Morgan fingerprint density at radius 1 is 1.44 bits per heavy atom. The van der Waals surface area contributed by atoms with Crippen LogP contribution in [-0.2, 0) is 6.54 Å². The van der Waals surface area contributed by atoms with E-state index in [0.29, 0.717) is 6.04 Å². The first-order valence-electron chi connectivity index (χ1n) is 6.72. The van der Waals surface area contributed by atoms with Gasteiger partial charge in [0, 0.05) is 43.4 Å². The van der Waals surface area contributed by atoms with Gasteiger partial charge in [0.15, 0.2) is 4.96 Å². The lowest BCUT2D eigenvalue weighted by Gasteiger charge is -2.27. The lowest BCUT2D eigenvalue weighted by atomic mass is 10.2. The summed E-state index contributed by atoms with van der Waals surface area (Å²) in [7, 11) is 0. The molecule has 0 radical (unpaired) electrons. The summed E-state index contributed by atoms with van der Waals surface area (Å²) in [5.41, 5.74) is 6.91. The summed E-state index contributed by atoms with van der Waals surface area (Å²) in [4.78, 5) is 8.27. The number of nitrogens with two attached hydrogens (primary N) is 1. The third-order valence-corrected chi connectivity index (χ3v) is 4.54. The molecule has 1 aliphatic carbocycles. The monoisotopic (exact) mass is 264 g/mol. The molecule has 2 aromatic heterocycles. The molecule has 18 heavy (non-hydrogen) atoms. The van der Waals surface area contributed by atoms with Gasteiger partial charge in [0.05, 0.1) is 5.69 Å². The van der Waals surface area contributed by atoms with Crippen molar-refractivity contribution in [1.82, 2.24) is 14.3 Å². The average molecular weight is 264 g/mol. The molecule has 0 saturated heterocycles. The van der Waals surface area contributed by atoms with Crippen LogP contribution >= 0.6 is 11.3 Å². The van der Waals surface area contributed by atoms with Gasteiger partial charge in [-0.25, -0.2) is 4.98 Å². The second-order valence-corrected chi connectivity index (χ2v) is 5.90. The average Bonchev–Trinajstić information content (AvgIpc) is 3.04. The third-order valence-electron chi connectivity index (χ3n) is 3.77. The number of rotatable bonds is 5. The van der Waals surface area contributed by atoms with E-state index in [1.807, 2.05) is 0 Å². The largest absolute Gasteiger partial charge is 0.329 e. The number of imidazole rings is 1. The lowest BCUT2D eigenvalue weighted by Crippen LogP contribution is -2.36. The van der Waals surface area contributed by atoms with E-state index in [-0.39, 0.29) is 0 Å². The molecule has 4 nitrogen and oxygen atoms in total. The SMILES string of the molecule is NCCN(Cc1cn2ccsc2n1)C1CCCC1. The van der Waals surface area contributed by atoms with Gasteiger partial charge in [-0.05, 0) is 12.8 Å². The third kappa shape index (κ3) is 2.43. The Morgan fingerprint density at radius 2 is 2.28 bits per heavy atom. The van der Waals surface area contributed by atoms with Crippen LogP contribution in [-0.4, -0.2) is 33.4 Å². The van der Waals surface area contributed by atoms with E-state index < -0.39 is 0 Å². The molecular weight excluding hydrogens is 244 g/mol. The van der Waals surface area contributed by atoms with Gasteiger partial charge in [0.25, 0.3) is 0 Å². The normalized spacial score (nSPS) is 17.2. The van der Waals surface area contributed by atoms with Crippen molar-refractivity contribution in [2.45, 2.75) is 38.3 Å². The van der Waals surface area contributed by atoms with Crippen LogP contribution in [0.4, 0.5) is 0 Å². The molecule has 0 aromatic carbocycles. The number of hydrogen-bond acceptors (Lipinski definition) is 4. The van der Waals surface area contributed by atoms with Crippen LogP contribution in [0.25, 0.3) is 4.96 Å². The first-order chi connectivity index (χ1) is 8.86. The molecule has 0 amide bonds. The van der Waals surface area contributed by atoms with Gasteiger partial charge in [0.1, 0.15) is 0 Å².